The molecule has 7 heteroatoms. The Labute approximate surface area is 120 Å². The smallest absolute Gasteiger partial charge is 0.232 e. The normalized spacial score (nSPS) is 10.2. The van der Waals surface area contributed by atoms with Crippen LogP contribution in [0.3, 0.4) is 0 Å². The number of nitrogen functional groups attached to an aromatic ring is 1. The molecule has 6 nitrogen and oxygen atoms in total. The zero-order chi connectivity index (χ0) is 14.7. The lowest BCUT2D eigenvalue weighted by Gasteiger charge is -2.08. The lowest BCUT2D eigenvalue weighted by molar-refractivity contribution is 0.102. The molecule has 20 heavy (non-hydrogen) atoms. The first-order valence-electron chi connectivity index (χ1n) is 5.62. The molecule has 0 aliphatic rings. The molecule has 2 aromatic rings. The molecule has 0 saturated heterocycles. The highest BCUT2D eigenvalue weighted by Crippen LogP contribution is 2.25. The van der Waals surface area contributed by atoms with Gasteiger partial charge in [0.05, 0.1) is 36.6 Å². The summed E-state index contributed by atoms with van der Waals surface area (Å²) in [6.07, 6.45) is 0. The van der Waals surface area contributed by atoms with Crippen LogP contribution in [0.1, 0.15) is 16.2 Å². The molecule has 0 radical (unpaired) electrons. The second-order valence-corrected chi connectivity index (χ2v) is 4.21. The summed E-state index contributed by atoms with van der Waals surface area (Å²) in [7, 11) is 2.87. The van der Waals surface area contributed by atoms with Crippen molar-refractivity contribution in [3.63, 3.8) is 0 Å². The van der Waals surface area contributed by atoms with E-state index in [0.29, 0.717) is 5.02 Å². The fourth-order valence-corrected chi connectivity index (χ4v) is 1.74. The van der Waals surface area contributed by atoms with E-state index in [2.05, 4.69) is 9.97 Å². The van der Waals surface area contributed by atoms with E-state index in [1.165, 1.54) is 20.3 Å². The molecule has 0 aliphatic carbocycles. The number of para-hydroxylation sites is 1. The third kappa shape index (κ3) is 2.65. The van der Waals surface area contributed by atoms with E-state index in [4.69, 9.17) is 26.8 Å². The lowest BCUT2D eigenvalue weighted by Crippen LogP contribution is -2.11. The first-order valence-corrected chi connectivity index (χ1v) is 6.00. The van der Waals surface area contributed by atoms with Crippen LogP contribution in [0.5, 0.6) is 11.8 Å². The predicted molar refractivity (Wildman–Crippen MR) is 74.4 cm³/mol. The van der Waals surface area contributed by atoms with E-state index in [9.17, 15) is 4.79 Å². The van der Waals surface area contributed by atoms with Crippen LogP contribution in [0.25, 0.3) is 0 Å². The Bertz CT molecular complexity index is 639. The number of rotatable bonds is 4. The van der Waals surface area contributed by atoms with Gasteiger partial charge in [-0.05, 0) is 12.1 Å². The minimum Gasteiger partial charge on any atom is -0.481 e. The van der Waals surface area contributed by atoms with Crippen LogP contribution in [0, 0.1) is 0 Å². The van der Waals surface area contributed by atoms with Gasteiger partial charge in [-0.2, -0.15) is 9.97 Å². The maximum Gasteiger partial charge on any atom is 0.232 e. The lowest BCUT2D eigenvalue weighted by atomic mass is 10.1. The van der Waals surface area contributed by atoms with Gasteiger partial charge in [0.2, 0.25) is 23.4 Å². The summed E-state index contributed by atoms with van der Waals surface area (Å²) in [5.74, 6) is -0.0843. The number of methoxy groups -OCH3 is 2. The third-order valence-corrected chi connectivity index (χ3v) is 2.93. The average Bonchev–Trinajstić information content (AvgIpc) is 2.48. The fourth-order valence-electron chi connectivity index (χ4n) is 1.57. The number of nitrogens with two attached hydrogens (primary N) is 1. The molecule has 2 N–H and O–H groups in total. The molecule has 104 valence electrons. The van der Waals surface area contributed by atoms with E-state index >= 15 is 0 Å². The topological polar surface area (TPSA) is 87.3 Å². The molecule has 0 spiro atoms. The van der Waals surface area contributed by atoms with Crippen LogP contribution < -0.4 is 15.2 Å². The molecular weight excluding hydrogens is 282 g/mol. The van der Waals surface area contributed by atoms with E-state index in [0.717, 1.165) is 0 Å². The molecule has 0 atom stereocenters. The maximum atomic E-state index is 12.4. The van der Waals surface area contributed by atoms with E-state index < -0.39 is 5.78 Å². The number of carbonyl (C=O) groups is 1. The van der Waals surface area contributed by atoms with Crippen LogP contribution in [-0.4, -0.2) is 30.0 Å². The molecule has 0 unspecified atom stereocenters. The molecule has 0 saturated carbocycles. The number of benzene rings is 1. The quantitative estimate of drug-likeness (QED) is 0.685. The molecule has 0 fully saturated rings. The van der Waals surface area contributed by atoms with Crippen molar-refractivity contribution in [3.8, 4) is 11.8 Å². The second kappa shape index (κ2) is 5.75. The molecule has 1 aromatic heterocycles. The van der Waals surface area contributed by atoms with Crippen molar-refractivity contribution in [2.24, 2.45) is 0 Å². The van der Waals surface area contributed by atoms with E-state index in [1.807, 2.05) is 0 Å². The van der Waals surface area contributed by atoms with Crippen molar-refractivity contribution < 1.29 is 14.3 Å². The zero-order valence-corrected chi connectivity index (χ0v) is 11.6. The van der Waals surface area contributed by atoms with Crippen LogP contribution in [0.4, 0.5) is 5.69 Å². The van der Waals surface area contributed by atoms with Crippen LogP contribution in [0.2, 0.25) is 5.02 Å². The highest BCUT2D eigenvalue weighted by Gasteiger charge is 2.19. The first-order chi connectivity index (χ1) is 9.56. The van der Waals surface area contributed by atoms with Crippen LogP contribution >= 0.6 is 11.6 Å². The number of nitrogens with zero attached hydrogens (tertiary/aromatic N) is 2. The zero-order valence-electron chi connectivity index (χ0n) is 10.9. The summed E-state index contributed by atoms with van der Waals surface area (Å²) in [5.41, 5.74) is 6.21. The van der Waals surface area contributed by atoms with Gasteiger partial charge in [-0.3, -0.25) is 4.79 Å². The Morgan fingerprint density at radius 1 is 1.20 bits per heavy atom. The van der Waals surface area contributed by atoms with Gasteiger partial charge >= 0.3 is 0 Å². The number of ketones is 1. The summed E-state index contributed by atoms with van der Waals surface area (Å²) in [6, 6.07) is 6.25. The second-order valence-electron chi connectivity index (χ2n) is 3.81. The number of halogens is 1. The van der Waals surface area contributed by atoms with Crippen molar-refractivity contribution in [3.05, 3.63) is 40.7 Å². The average molecular weight is 294 g/mol. The molecular formula is C13H12ClN3O3. The summed E-state index contributed by atoms with van der Waals surface area (Å²) >= 11 is 5.90. The van der Waals surface area contributed by atoms with Gasteiger partial charge in [0.15, 0.2) is 0 Å². The molecule has 1 aromatic carbocycles. The summed E-state index contributed by atoms with van der Waals surface area (Å²) in [6.45, 7) is 0. The SMILES string of the molecule is COc1cc(OC)nc(C(=O)c2cccc(Cl)c2N)n1. The number of carbonyl (C=O) groups excluding carboxylic acids is 1. The van der Waals surface area contributed by atoms with Gasteiger partial charge in [0.25, 0.3) is 0 Å². The Balaban J connectivity index is 2.50. The van der Waals surface area contributed by atoms with Gasteiger partial charge in [-0.15, -0.1) is 0 Å². The number of hydrogen-bond acceptors (Lipinski definition) is 6. The standard InChI is InChI=1S/C13H12ClN3O3/c1-19-9-6-10(20-2)17-13(16-9)12(18)7-4-3-5-8(14)11(7)15/h3-6H,15H2,1-2H3. The largest absolute Gasteiger partial charge is 0.481 e. The Hall–Kier alpha value is -2.34. The maximum absolute atomic E-state index is 12.4. The number of aromatic nitrogens is 2. The molecule has 0 amide bonds. The Kier molecular flexibility index (Phi) is 4.05. The van der Waals surface area contributed by atoms with Gasteiger partial charge in [-0.25, -0.2) is 0 Å². The molecule has 0 bridgehead atoms. The van der Waals surface area contributed by atoms with Crippen molar-refractivity contribution >= 4 is 23.1 Å². The number of hydrogen-bond donors (Lipinski definition) is 1. The van der Waals surface area contributed by atoms with Gasteiger partial charge in [0, 0.05) is 0 Å². The van der Waals surface area contributed by atoms with Crippen LogP contribution in [-0.2, 0) is 0 Å². The summed E-state index contributed by atoms with van der Waals surface area (Å²) < 4.78 is 9.99. The minimum atomic E-state index is -0.456. The van der Waals surface area contributed by atoms with Crippen LogP contribution in [0.15, 0.2) is 24.3 Å². The molecule has 2 rings (SSSR count). The fraction of sp³-hybridized carbons (Fsp3) is 0.154. The first kappa shape index (κ1) is 14.1. The predicted octanol–water partition coefficient (Wildman–Crippen LogP) is 1.96. The minimum absolute atomic E-state index is 0.0739. The van der Waals surface area contributed by atoms with Crippen molar-refractivity contribution in [1.29, 1.82) is 0 Å². The van der Waals surface area contributed by atoms with E-state index in [-0.39, 0.29) is 28.8 Å². The highest BCUT2D eigenvalue weighted by atomic mass is 35.5. The third-order valence-electron chi connectivity index (χ3n) is 2.60. The number of anilines is 1. The van der Waals surface area contributed by atoms with Crippen molar-refractivity contribution in [1.82, 2.24) is 9.97 Å². The van der Waals surface area contributed by atoms with Crippen molar-refractivity contribution in [2.75, 3.05) is 20.0 Å². The molecule has 0 aliphatic heterocycles. The number of ether oxygens (including phenoxy) is 2. The van der Waals surface area contributed by atoms with E-state index in [1.54, 1.807) is 18.2 Å². The van der Waals surface area contributed by atoms with Crippen molar-refractivity contribution in [2.45, 2.75) is 0 Å². The summed E-state index contributed by atoms with van der Waals surface area (Å²) in [5, 5.41) is 0.297. The monoisotopic (exact) mass is 293 g/mol. The highest BCUT2D eigenvalue weighted by molar-refractivity contribution is 6.34. The Morgan fingerprint density at radius 2 is 1.80 bits per heavy atom. The van der Waals surface area contributed by atoms with Gasteiger partial charge in [-0.1, -0.05) is 17.7 Å². The Morgan fingerprint density at radius 3 is 2.35 bits per heavy atom. The summed E-state index contributed by atoms with van der Waals surface area (Å²) in [4.78, 5) is 20.4. The van der Waals surface area contributed by atoms with Gasteiger partial charge < -0.3 is 15.2 Å². The van der Waals surface area contributed by atoms with Gasteiger partial charge in [0.1, 0.15) is 0 Å². The molecule has 1 heterocycles.